The summed E-state index contributed by atoms with van der Waals surface area (Å²) in [5.74, 6) is 8.57. The summed E-state index contributed by atoms with van der Waals surface area (Å²) in [5.41, 5.74) is 0.736. The van der Waals surface area contributed by atoms with Crippen LogP contribution in [0.2, 0.25) is 0 Å². The van der Waals surface area contributed by atoms with E-state index in [0.717, 1.165) is 57.6 Å². The fraction of sp³-hybridized carbons (Fsp3) is 1.00. The first-order valence-corrected chi connectivity index (χ1v) is 16.3. The van der Waals surface area contributed by atoms with Crippen molar-refractivity contribution in [2.45, 2.75) is 141 Å². The van der Waals surface area contributed by atoms with E-state index in [9.17, 15) is 0 Å². The molecule has 1 heteroatoms. The van der Waals surface area contributed by atoms with Gasteiger partial charge in [0.05, 0.1) is 0 Å². The van der Waals surface area contributed by atoms with Gasteiger partial charge in [-0.15, -0.1) is 0 Å². The summed E-state index contributed by atoms with van der Waals surface area (Å²) in [6.45, 7) is 5.17. The summed E-state index contributed by atoms with van der Waals surface area (Å²) in [4.78, 5) is 0.822. The standard InChI is InChI=1S/C31H53Br/c1-3-27-28-12-8-9-13-30(28)31(29(27)4-2,24-10-6-5-7-11-24)25-18-14-22(15-19-25)23-16-20-26(32)21-17-23/h22-30H,3-21H2,1-2H3. The van der Waals surface area contributed by atoms with Gasteiger partial charge in [-0.05, 0) is 130 Å². The van der Waals surface area contributed by atoms with Gasteiger partial charge in [0.15, 0.2) is 0 Å². The van der Waals surface area contributed by atoms with Crippen molar-refractivity contribution in [3.8, 4) is 0 Å². The van der Waals surface area contributed by atoms with Crippen molar-refractivity contribution in [2.75, 3.05) is 0 Å². The summed E-state index contributed by atoms with van der Waals surface area (Å²) in [6, 6.07) is 0. The Morgan fingerprint density at radius 1 is 0.594 bits per heavy atom. The van der Waals surface area contributed by atoms with Gasteiger partial charge in [-0.2, -0.15) is 0 Å². The molecule has 0 amide bonds. The van der Waals surface area contributed by atoms with E-state index in [1.807, 2.05) is 0 Å². The molecule has 0 N–H and O–H groups in total. The Hall–Kier alpha value is 0.480. The molecular formula is C31H53Br. The van der Waals surface area contributed by atoms with Crippen LogP contribution < -0.4 is 0 Å². The Kier molecular flexibility index (Phi) is 8.03. The second-order valence-electron chi connectivity index (χ2n) is 13.1. The maximum atomic E-state index is 3.90. The average molecular weight is 506 g/mol. The molecule has 0 aromatic heterocycles. The van der Waals surface area contributed by atoms with E-state index in [0.29, 0.717) is 0 Å². The Balaban J connectivity index is 1.41. The van der Waals surface area contributed by atoms with Gasteiger partial charge in [0.2, 0.25) is 0 Å². The SMILES string of the molecule is CCC1C2CCCCC2C(C2CCCCC2)(C2CCC(C3CCC(Br)CC3)CC2)C1CC. The molecule has 5 fully saturated rings. The summed E-state index contributed by atoms with van der Waals surface area (Å²) in [7, 11) is 0. The maximum absolute atomic E-state index is 3.90. The molecule has 5 unspecified atom stereocenters. The van der Waals surface area contributed by atoms with Gasteiger partial charge < -0.3 is 0 Å². The molecule has 5 aliphatic rings. The highest BCUT2D eigenvalue weighted by Gasteiger charge is 2.64. The molecule has 0 heterocycles. The van der Waals surface area contributed by atoms with Gasteiger partial charge in [0.25, 0.3) is 0 Å². The smallest absolute Gasteiger partial charge is 0.0146 e. The van der Waals surface area contributed by atoms with E-state index in [1.165, 1.54) is 51.4 Å². The zero-order chi connectivity index (χ0) is 22.1. The lowest BCUT2D eigenvalue weighted by molar-refractivity contribution is -0.0767. The van der Waals surface area contributed by atoms with Crippen LogP contribution in [-0.4, -0.2) is 4.83 Å². The molecule has 0 nitrogen and oxygen atoms in total. The molecular weight excluding hydrogens is 452 g/mol. The first-order chi connectivity index (χ1) is 15.7. The molecule has 0 spiro atoms. The number of hydrogen-bond donors (Lipinski definition) is 0. The third kappa shape index (κ3) is 4.19. The van der Waals surface area contributed by atoms with Crippen LogP contribution in [0.3, 0.4) is 0 Å². The first-order valence-electron chi connectivity index (χ1n) is 15.3. The fourth-order valence-electron chi connectivity index (χ4n) is 11.3. The Bertz CT molecular complexity index is 569. The third-order valence-electron chi connectivity index (χ3n) is 12.2. The quantitative estimate of drug-likeness (QED) is 0.326. The average Bonchev–Trinajstić information content (AvgIpc) is 3.15. The van der Waals surface area contributed by atoms with E-state index in [-0.39, 0.29) is 0 Å². The van der Waals surface area contributed by atoms with E-state index in [4.69, 9.17) is 0 Å². The van der Waals surface area contributed by atoms with Crippen LogP contribution in [0.15, 0.2) is 0 Å². The minimum Gasteiger partial charge on any atom is -0.0891 e. The predicted molar refractivity (Wildman–Crippen MR) is 142 cm³/mol. The van der Waals surface area contributed by atoms with Crippen molar-refractivity contribution < 1.29 is 0 Å². The minimum absolute atomic E-state index is 0.736. The highest BCUT2D eigenvalue weighted by molar-refractivity contribution is 9.09. The largest absolute Gasteiger partial charge is 0.0891 e. The number of rotatable bonds is 5. The zero-order valence-electron chi connectivity index (χ0n) is 21.5. The molecule has 0 aliphatic heterocycles. The van der Waals surface area contributed by atoms with Crippen LogP contribution in [0.1, 0.15) is 136 Å². The van der Waals surface area contributed by atoms with Crippen LogP contribution in [-0.2, 0) is 0 Å². The lowest BCUT2D eigenvalue weighted by Gasteiger charge is -2.56. The number of hydrogen-bond acceptors (Lipinski definition) is 0. The summed E-state index contributed by atoms with van der Waals surface area (Å²) >= 11 is 3.90. The van der Waals surface area contributed by atoms with E-state index >= 15 is 0 Å². The monoisotopic (exact) mass is 504 g/mol. The van der Waals surface area contributed by atoms with Crippen molar-refractivity contribution in [3.05, 3.63) is 0 Å². The fourth-order valence-corrected chi connectivity index (χ4v) is 11.8. The van der Waals surface area contributed by atoms with Crippen molar-refractivity contribution >= 4 is 15.9 Å². The molecule has 184 valence electrons. The third-order valence-corrected chi connectivity index (χ3v) is 13.2. The normalized spacial score (nSPS) is 48.5. The van der Waals surface area contributed by atoms with Gasteiger partial charge >= 0.3 is 0 Å². The molecule has 5 rings (SSSR count). The number of fused-ring (bicyclic) bond motifs is 1. The van der Waals surface area contributed by atoms with Crippen molar-refractivity contribution in [3.63, 3.8) is 0 Å². The van der Waals surface area contributed by atoms with Crippen molar-refractivity contribution in [2.24, 2.45) is 52.8 Å². The van der Waals surface area contributed by atoms with Crippen molar-refractivity contribution in [1.29, 1.82) is 0 Å². The van der Waals surface area contributed by atoms with Crippen LogP contribution in [0.4, 0.5) is 0 Å². The number of alkyl halides is 1. The van der Waals surface area contributed by atoms with Gasteiger partial charge in [0, 0.05) is 4.83 Å². The molecule has 0 saturated heterocycles. The molecule has 0 aromatic rings. The van der Waals surface area contributed by atoms with Crippen molar-refractivity contribution in [1.82, 2.24) is 0 Å². The topological polar surface area (TPSA) is 0 Å². The zero-order valence-corrected chi connectivity index (χ0v) is 23.1. The van der Waals surface area contributed by atoms with Crippen LogP contribution in [0, 0.1) is 52.8 Å². The second kappa shape index (κ2) is 10.6. The first kappa shape index (κ1) is 24.2. The van der Waals surface area contributed by atoms with Gasteiger partial charge in [-0.3, -0.25) is 0 Å². The molecule has 5 saturated carbocycles. The van der Waals surface area contributed by atoms with Gasteiger partial charge in [-0.1, -0.05) is 74.7 Å². The predicted octanol–water partition coefficient (Wildman–Crippen LogP) is 10.2. The Morgan fingerprint density at radius 3 is 1.78 bits per heavy atom. The van der Waals surface area contributed by atoms with E-state index in [2.05, 4.69) is 29.8 Å². The minimum atomic E-state index is 0.736. The lowest BCUT2D eigenvalue weighted by Crippen LogP contribution is -2.49. The van der Waals surface area contributed by atoms with Gasteiger partial charge in [-0.25, -0.2) is 0 Å². The highest BCUT2D eigenvalue weighted by Crippen LogP contribution is 2.70. The molecule has 0 radical (unpaired) electrons. The Morgan fingerprint density at radius 2 is 1.16 bits per heavy atom. The summed E-state index contributed by atoms with van der Waals surface area (Å²) in [6.07, 6.45) is 29.3. The van der Waals surface area contributed by atoms with Gasteiger partial charge in [0.1, 0.15) is 0 Å². The number of halogens is 1. The maximum Gasteiger partial charge on any atom is 0.0146 e. The molecule has 32 heavy (non-hydrogen) atoms. The Labute approximate surface area is 209 Å². The molecule has 0 aromatic carbocycles. The van der Waals surface area contributed by atoms with Crippen LogP contribution in [0.25, 0.3) is 0 Å². The lowest BCUT2D eigenvalue weighted by atomic mass is 9.48. The molecule has 5 aliphatic carbocycles. The summed E-state index contributed by atoms with van der Waals surface area (Å²) in [5, 5.41) is 0. The van der Waals surface area contributed by atoms with Crippen LogP contribution in [0.5, 0.6) is 0 Å². The highest BCUT2D eigenvalue weighted by atomic mass is 79.9. The van der Waals surface area contributed by atoms with Crippen LogP contribution >= 0.6 is 15.9 Å². The molecule has 0 bridgehead atoms. The molecule has 5 atom stereocenters. The summed E-state index contributed by atoms with van der Waals surface area (Å²) < 4.78 is 0. The van der Waals surface area contributed by atoms with E-state index in [1.54, 1.807) is 70.6 Å². The second-order valence-corrected chi connectivity index (χ2v) is 14.4. The van der Waals surface area contributed by atoms with E-state index < -0.39 is 0 Å².